The van der Waals surface area contributed by atoms with Crippen molar-refractivity contribution in [3.63, 3.8) is 0 Å². The van der Waals surface area contributed by atoms with Crippen LogP contribution in [0.15, 0.2) is 0 Å². The van der Waals surface area contributed by atoms with Gasteiger partial charge in [-0.25, -0.2) is 0 Å². The Hall–Kier alpha value is -0.240. The molecule has 0 heterocycles. The van der Waals surface area contributed by atoms with Crippen LogP contribution in [0.3, 0.4) is 0 Å². The standard InChI is InChI=1S/C8H18O6/c1-13-4-5(10)7(11)8(12)6(3-9)14-2/h5-12H,3-4H2,1-2H3/t5-,6+,7-,8-/m1/s1/i1D,2D. The molecule has 0 aromatic rings. The van der Waals surface area contributed by atoms with Crippen LogP contribution in [0.25, 0.3) is 0 Å². The molecule has 0 aromatic carbocycles. The zero-order valence-electron chi connectivity index (χ0n) is 9.74. The highest BCUT2D eigenvalue weighted by Gasteiger charge is 2.30. The van der Waals surface area contributed by atoms with Crippen LogP contribution < -0.4 is 0 Å². The molecule has 0 saturated heterocycles. The minimum Gasteiger partial charge on any atom is -0.394 e. The van der Waals surface area contributed by atoms with Gasteiger partial charge in [-0.15, -0.1) is 0 Å². The zero-order chi connectivity index (χ0) is 12.6. The molecule has 0 fully saturated rings. The Morgan fingerprint density at radius 2 is 1.93 bits per heavy atom. The van der Waals surface area contributed by atoms with Crippen LogP contribution in [0.1, 0.15) is 2.74 Å². The molecule has 0 aromatic heterocycles. The number of hydrogen-bond donors (Lipinski definition) is 4. The second kappa shape index (κ2) is 7.10. The molecule has 0 unspecified atom stereocenters. The summed E-state index contributed by atoms with van der Waals surface area (Å²) in [6.07, 6.45) is -5.63. The minimum absolute atomic E-state index is 0.305. The average Bonchev–Trinajstić information content (AvgIpc) is 2.31. The average molecular weight is 212 g/mol. The van der Waals surface area contributed by atoms with E-state index in [2.05, 4.69) is 9.47 Å². The van der Waals surface area contributed by atoms with Gasteiger partial charge in [0.1, 0.15) is 24.4 Å². The van der Waals surface area contributed by atoms with E-state index >= 15 is 0 Å². The highest BCUT2D eigenvalue weighted by Crippen LogP contribution is 2.07. The molecular weight excluding hydrogens is 192 g/mol. The number of aliphatic hydroxyl groups is 4. The van der Waals surface area contributed by atoms with E-state index in [0.29, 0.717) is 0 Å². The Kier molecular flexibility index (Phi) is 5.22. The van der Waals surface area contributed by atoms with Crippen molar-refractivity contribution >= 4 is 0 Å². The van der Waals surface area contributed by atoms with Crippen LogP contribution in [0.2, 0.25) is 0 Å². The van der Waals surface area contributed by atoms with Gasteiger partial charge in [-0.2, -0.15) is 0 Å². The van der Waals surface area contributed by atoms with Crippen molar-refractivity contribution in [1.29, 1.82) is 0 Å². The Balaban J connectivity index is 4.16. The minimum atomic E-state index is -1.57. The molecule has 6 heteroatoms. The van der Waals surface area contributed by atoms with Crippen LogP contribution in [0.4, 0.5) is 0 Å². The molecular formula is C8H18O6. The lowest BCUT2D eigenvalue weighted by Crippen LogP contribution is -2.47. The molecule has 4 atom stereocenters. The van der Waals surface area contributed by atoms with Gasteiger partial charge in [-0.1, -0.05) is 0 Å². The van der Waals surface area contributed by atoms with Gasteiger partial charge in [-0.3, -0.25) is 0 Å². The fraction of sp³-hybridized carbons (Fsp3) is 1.00. The number of ether oxygens (including phenoxy) is 2. The third-order valence-electron chi connectivity index (χ3n) is 1.81. The topological polar surface area (TPSA) is 99.4 Å². The van der Waals surface area contributed by atoms with E-state index in [-0.39, 0.29) is 13.7 Å². The van der Waals surface area contributed by atoms with Gasteiger partial charge in [0, 0.05) is 14.2 Å². The maximum Gasteiger partial charge on any atom is 0.111 e. The molecule has 0 spiro atoms. The first kappa shape index (κ1) is 10.3. The van der Waals surface area contributed by atoms with Gasteiger partial charge >= 0.3 is 0 Å². The summed E-state index contributed by atoms with van der Waals surface area (Å²) in [6, 6.07) is 0. The monoisotopic (exact) mass is 212 g/mol. The molecule has 0 bridgehead atoms. The molecule has 0 aliphatic rings. The van der Waals surface area contributed by atoms with Gasteiger partial charge in [0.25, 0.3) is 0 Å². The molecule has 86 valence electrons. The third-order valence-corrected chi connectivity index (χ3v) is 1.81. The fourth-order valence-corrected chi connectivity index (χ4v) is 0.926. The van der Waals surface area contributed by atoms with Crippen molar-refractivity contribution in [2.24, 2.45) is 0 Å². The van der Waals surface area contributed by atoms with Crippen molar-refractivity contribution in [2.75, 3.05) is 27.4 Å². The first-order valence-electron chi connectivity index (χ1n) is 5.42. The van der Waals surface area contributed by atoms with Crippen LogP contribution >= 0.6 is 0 Å². The maximum absolute atomic E-state index is 9.50. The highest BCUT2D eigenvalue weighted by molar-refractivity contribution is 4.81. The van der Waals surface area contributed by atoms with Gasteiger partial charge in [-0.05, 0) is 0 Å². The van der Waals surface area contributed by atoms with Crippen molar-refractivity contribution in [3.8, 4) is 0 Å². The SMILES string of the molecule is [2H]COC[C@@H](O)[C@@H](O)[C@H](O)[C@H](CO)OC[2H]. The summed E-state index contributed by atoms with van der Waals surface area (Å²) in [6.45, 7) is -0.885. The van der Waals surface area contributed by atoms with Crippen molar-refractivity contribution < 1.29 is 32.6 Å². The van der Waals surface area contributed by atoms with Crippen molar-refractivity contribution in [2.45, 2.75) is 24.4 Å². The molecule has 0 amide bonds. The predicted octanol–water partition coefficient (Wildman–Crippen LogP) is -2.28. The van der Waals surface area contributed by atoms with E-state index in [0.717, 1.165) is 0 Å². The van der Waals surface area contributed by atoms with E-state index < -0.39 is 38.1 Å². The van der Waals surface area contributed by atoms with Crippen molar-refractivity contribution in [3.05, 3.63) is 0 Å². The lowest BCUT2D eigenvalue weighted by atomic mass is 10.0. The lowest BCUT2D eigenvalue weighted by molar-refractivity contribution is -0.134. The van der Waals surface area contributed by atoms with Crippen LogP contribution in [-0.2, 0) is 9.47 Å². The summed E-state index contributed by atoms with van der Waals surface area (Å²) in [5.41, 5.74) is 0. The number of hydrogen-bond acceptors (Lipinski definition) is 6. The highest BCUT2D eigenvalue weighted by atomic mass is 16.5. The largest absolute Gasteiger partial charge is 0.394 e. The summed E-state index contributed by atoms with van der Waals surface area (Å²) in [7, 11) is -0.846. The van der Waals surface area contributed by atoms with Gasteiger partial charge in [0.15, 0.2) is 0 Å². The van der Waals surface area contributed by atoms with Gasteiger partial charge in [0.2, 0.25) is 0 Å². The van der Waals surface area contributed by atoms with Crippen LogP contribution in [0.5, 0.6) is 0 Å². The molecule has 0 rings (SSSR count). The summed E-state index contributed by atoms with van der Waals surface area (Å²) < 4.78 is 22.6. The maximum atomic E-state index is 9.50. The number of methoxy groups -OCH3 is 2. The van der Waals surface area contributed by atoms with E-state index in [1.807, 2.05) is 0 Å². The molecule has 14 heavy (non-hydrogen) atoms. The van der Waals surface area contributed by atoms with Crippen molar-refractivity contribution in [1.82, 2.24) is 0 Å². The number of aliphatic hydroxyl groups excluding tert-OH is 4. The van der Waals surface area contributed by atoms with E-state index in [1.54, 1.807) is 0 Å². The Labute approximate surface area is 85.5 Å². The van der Waals surface area contributed by atoms with Gasteiger partial charge in [0.05, 0.1) is 16.0 Å². The second-order valence-corrected chi connectivity index (χ2v) is 2.81. The first-order chi connectivity index (χ1) is 7.58. The van der Waals surface area contributed by atoms with Crippen LogP contribution in [-0.4, -0.2) is 72.2 Å². The molecule has 0 aliphatic carbocycles. The third kappa shape index (κ3) is 3.87. The van der Waals surface area contributed by atoms with E-state index in [1.165, 1.54) is 0 Å². The van der Waals surface area contributed by atoms with Gasteiger partial charge < -0.3 is 29.9 Å². The fourth-order valence-electron chi connectivity index (χ4n) is 0.926. The summed E-state index contributed by atoms with van der Waals surface area (Å²) in [5.74, 6) is 0. The Morgan fingerprint density at radius 1 is 1.21 bits per heavy atom. The number of rotatable bonds is 7. The predicted molar refractivity (Wildman–Crippen MR) is 47.8 cm³/mol. The quantitative estimate of drug-likeness (QED) is 0.379. The summed E-state index contributed by atoms with van der Waals surface area (Å²) >= 11 is 0. The summed E-state index contributed by atoms with van der Waals surface area (Å²) in [4.78, 5) is 0. The molecule has 0 radical (unpaired) electrons. The zero-order valence-corrected chi connectivity index (χ0v) is 7.74. The molecule has 0 aliphatic heterocycles. The van der Waals surface area contributed by atoms with E-state index in [4.69, 9.17) is 7.85 Å². The normalized spacial score (nSPS) is 22.0. The second-order valence-electron chi connectivity index (χ2n) is 2.81. The lowest BCUT2D eigenvalue weighted by Gasteiger charge is -2.27. The van der Waals surface area contributed by atoms with Crippen LogP contribution in [0, 0.1) is 0 Å². The smallest absolute Gasteiger partial charge is 0.111 e. The first-order valence-corrected chi connectivity index (χ1v) is 4.01. The summed E-state index contributed by atoms with van der Waals surface area (Å²) in [5, 5.41) is 37.1. The molecule has 4 N–H and O–H groups in total. The van der Waals surface area contributed by atoms with E-state index in [9.17, 15) is 15.3 Å². The Bertz CT molecular complexity index is 173. The Morgan fingerprint density at radius 3 is 2.43 bits per heavy atom. The molecule has 6 nitrogen and oxygen atoms in total. The molecule has 0 saturated carbocycles.